The molecule has 142 valence electrons. The molecule has 1 saturated heterocycles. The van der Waals surface area contributed by atoms with E-state index in [9.17, 15) is 4.79 Å². The summed E-state index contributed by atoms with van der Waals surface area (Å²) in [6.07, 6.45) is 5.96. The first-order valence-electron chi connectivity index (χ1n) is 9.89. The van der Waals surface area contributed by atoms with Crippen molar-refractivity contribution in [3.8, 4) is 5.69 Å². The molecule has 1 saturated carbocycles. The number of benzene rings is 1. The summed E-state index contributed by atoms with van der Waals surface area (Å²) in [5, 5.41) is 4.77. The van der Waals surface area contributed by atoms with Crippen LogP contribution in [0.2, 0.25) is 0 Å². The largest absolute Gasteiger partial charge is 0.368 e. The molecule has 5 rings (SSSR count). The number of piperazine rings is 1. The average molecular weight is 373 g/mol. The van der Waals surface area contributed by atoms with E-state index in [1.807, 2.05) is 70.5 Å². The van der Waals surface area contributed by atoms with Crippen molar-refractivity contribution in [3.63, 3.8) is 0 Å². The van der Waals surface area contributed by atoms with Crippen LogP contribution < -0.4 is 4.90 Å². The van der Waals surface area contributed by atoms with E-state index in [0.29, 0.717) is 24.7 Å². The third kappa shape index (κ3) is 3.26. The molecule has 1 aromatic carbocycles. The van der Waals surface area contributed by atoms with Gasteiger partial charge in [-0.15, -0.1) is 0 Å². The zero-order valence-electron chi connectivity index (χ0n) is 15.7. The Morgan fingerprint density at radius 3 is 2.29 bits per heavy atom. The first-order chi connectivity index (χ1) is 13.8. The molecule has 0 N–H and O–H groups in total. The Bertz CT molecular complexity index is 957. The molecule has 0 radical (unpaired) electrons. The van der Waals surface area contributed by atoms with E-state index in [1.54, 1.807) is 0 Å². The standard InChI is InChI=1S/C22H23N5O/c28-22(26-14-12-25(13-15-26)18-8-10-23-11-9-18)21-16-20(17-6-7-17)24-27(21)19-4-2-1-3-5-19/h1-5,8-11,16-17H,6-7,12-15H2. The highest BCUT2D eigenvalue weighted by Gasteiger charge is 2.31. The van der Waals surface area contributed by atoms with Crippen LogP contribution in [0.15, 0.2) is 60.9 Å². The van der Waals surface area contributed by atoms with Crippen LogP contribution in [0, 0.1) is 0 Å². The van der Waals surface area contributed by atoms with Crippen molar-refractivity contribution in [2.24, 2.45) is 0 Å². The summed E-state index contributed by atoms with van der Waals surface area (Å²) >= 11 is 0. The lowest BCUT2D eigenvalue weighted by molar-refractivity contribution is 0.0737. The minimum absolute atomic E-state index is 0.0673. The zero-order valence-corrected chi connectivity index (χ0v) is 15.7. The fraction of sp³-hybridized carbons (Fsp3) is 0.318. The van der Waals surface area contributed by atoms with Crippen LogP contribution in [0.4, 0.5) is 5.69 Å². The first kappa shape index (κ1) is 17.0. The molecule has 28 heavy (non-hydrogen) atoms. The molecule has 0 atom stereocenters. The van der Waals surface area contributed by atoms with Gasteiger partial charge in [0.25, 0.3) is 5.91 Å². The quantitative estimate of drug-likeness (QED) is 0.705. The predicted octanol–water partition coefficient (Wildman–Crippen LogP) is 3.11. The fourth-order valence-electron chi connectivity index (χ4n) is 3.78. The molecule has 1 aliphatic carbocycles. The minimum atomic E-state index is 0.0673. The van der Waals surface area contributed by atoms with Gasteiger partial charge in [-0.3, -0.25) is 9.78 Å². The molecule has 2 aromatic heterocycles. The summed E-state index contributed by atoms with van der Waals surface area (Å²) in [6, 6.07) is 16.0. The number of para-hydroxylation sites is 1. The number of carbonyl (C=O) groups excluding carboxylic acids is 1. The van der Waals surface area contributed by atoms with Gasteiger partial charge in [0.2, 0.25) is 0 Å². The van der Waals surface area contributed by atoms with Crippen molar-refractivity contribution in [3.05, 3.63) is 72.3 Å². The molecule has 6 nitrogen and oxygen atoms in total. The van der Waals surface area contributed by atoms with Crippen molar-refractivity contribution in [2.45, 2.75) is 18.8 Å². The van der Waals surface area contributed by atoms with Crippen LogP contribution in [-0.4, -0.2) is 51.8 Å². The van der Waals surface area contributed by atoms with E-state index in [-0.39, 0.29) is 5.91 Å². The molecule has 3 aromatic rings. The molecule has 6 heteroatoms. The van der Waals surface area contributed by atoms with Crippen molar-refractivity contribution in [1.82, 2.24) is 19.7 Å². The molecule has 1 amide bonds. The number of aromatic nitrogens is 3. The number of anilines is 1. The van der Waals surface area contributed by atoms with Crippen LogP contribution in [0.3, 0.4) is 0 Å². The van der Waals surface area contributed by atoms with Crippen LogP contribution in [0.25, 0.3) is 5.69 Å². The molecule has 1 aliphatic heterocycles. The third-order valence-electron chi connectivity index (χ3n) is 5.54. The van der Waals surface area contributed by atoms with E-state index in [2.05, 4.69) is 9.88 Å². The van der Waals surface area contributed by atoms with Crippen molar-refractivity contribution >= 4 is 11.6 Å². The summed E-state index contributed by atoms with van der Waals surface area (Å²) in [5.41, 5.74) is 3.81. The Kier molecular flexibility index (Phi) is 4.31. The second kappa shape index (κ2) is 7.11. The first-order valence-corrected chi connectivity index (χ1v) is 9.89. The molecule has 2 aliphatic rings. The fourth-order valence-corrected chi connectivity index (χ4v) is 3.78. The van der Waals surface area contributed by atoms with Gasteiger partial charge >= 0.3 is 0 Å². The van der Waals surface area contributed by atoms with Gasteiger partial charge in [-0.2, -0.15) is 5.10 Å². The monoisotopic (exact) mass is 373 g/mol. The van der Waals surface area contributed by atoms with E-state index in [4.69, 9.17) is 5.10 Å². The van der Waals surface area contributed by atoms with Gasteiger partial charge in [0.05, 0.1) is 11.4 Å². The number of hydrogen-bond acceptors (Lipinski definition) is 4. The third-order valence-corrected chi connectivity index (χ3v) is 5.54. The molecule has 0 spiro atoms. The Hall–Kier alpha value is -3.15. The van der Waals surface area contributed by atoms with E-state index >= 15 is 0 Å². The number of nitrogens with zero attached hydrogens (tertiary/aromatic N) is 5. The molecule has 3 heterocycles. The minimum Gasteiger partial charge on any atom is -0.368 e. The van der Waals surface area contributed by atoms with Gasteiger partial charge in [0, 0.05) is 50.2 Å². The van der Waals surface area contributed by atoms with Crippen LogP contribution in [-0.2, 0) is 0 Å². The van der Waals surface area contributed by atoms with Crippen molar-refractivity contribution < 1.29 is 4.79 Å². The lowest BCUT2D eigenvalue weighted by atomic mass is 10.2. The molecular formula is C22H23N5O. The Morgan fingerprint density at radius 2 is 1.61 bits per heavy atom. The Morgan fingerprint density at radius 1 is 0.893 bits per heavy atom. The Balaban J connectivity index is 1.37. The zero-order chi connectivity index (χ0) is 18.9. The van der Waals surface area contributed by atoms with Crippen LogP contribution >= 0.6 is 0 Å². The summed E-state index contributed by atoms with van der Waals surface area (Å²) in [6.45, 7) is 3.06. The van der Waals surface area contributed by atoms with Crippen molar-refractivity contribution in [1.29, 1.82) is 0 Å². The Labute approximate surface area is 164 Å². The number of amides is 1. The lowest BCUT2D eigenvalue weighted by Crippen LogP contribution is -2.49. The predicted molar refractivity (Wildman–Crippen MR) is 108 cm³/mol. The van der Waals surface area contributed by atoms with Gasteiger partial charge in [-0.25, -0.2) is 4.68 Å². The van der Waals surface area contributed by atoms with Gasteiger partial charge in [0.1, 0.15) is 5.69 Å². The number of rotatable bonds is 4. The van der Waals surface area contributed by atoms with Crippen LogP contribution in [0.1, 0.15) is 34.9 Å². The topological polar surface area (TPSA) is 54.3 Å². The molecule has 2 fully saturated rings. The maximum Gasteiger partial charge on any atom is 0.272 e. The second-order valence-corrected chi connectivity index (χ2v) is 7.46. The van der Waals surface area contributed by atoms with Gasteiger partial charge in [-0.05, 0) is 43.2 Å². The average Bonchev–Trinajstić information content (AvgIpc) is 3.53. The van der Waals surface area contributed by atoms with E-state index < -0.39 is 0 Å². The highest BCUT2D eigenvalue weighted by Crippen LogP contribution is 2.40. The van der Waals surface area contributed by atoms with Gasteiger partial charge < -0.3 is 9.80 Å². The number of hydrogen-bond donors (Lipinski definition) is 0. The van der Waals surface area contributed by atoms with E-state index in [0.717, 1.165) is 30.2 Å². The van der Waals surface area contributed by atoms with Gasteiger partial charge in [-0.1, -0.05) is 18.2 Å². The summed E-state index contributed by atoms with van der Waals surface area (Å²) in [4.78, 5) is 21.7. The van der Waals surface area contributed by atoms with E-state index in [1.165, 1.54) is 12.8 Å². The van der Waals surface area contributed by atoms with Gasteiger partial charge in [0.15, 0.2) is 0 Å². The summed E-state index contributed by atoms with van der Waals surface area (Å²) in [5.74, 6) is 0.581. The highest BCUT2D eigenvalue weighted by molar-refractivity contribution is 5.93. The van der Waals surface area contributed by atoms with Crippen molar-refractivity contribution in [2.75, 3.05) is 31.1 Å². The van der Waals surface area contributed by atoms with Crippen LogP contribution in [0.5, 0.6) is 0 Å². The molecule has 0 bridgehead atoms. The lowest BCUT2D eigenvalue weighted by Gasteiger charge is -2.36. The normalized spacial score (nSPS) is 17.0. The second-order valence-electron chi connectivity index (χ2n) is 7.46. The maximum atomic E-state index is 13.3. The highest BCUT2D eigenvalue weighted by atomic mass is 16.2. The SMILES string of the molecule is O=C(c1cc(C2CC2)nn1-c1ccccc1)N1CCN(c2ccncc2)CC1. The number of pyridine rings is 1. The number of carbonyl (C=O) groups is 1. The smallest absolute Gasteiger partial charge is 0.272 e. The molecule has 0 unspecified atom stereocenters. The maximum absolute atomic E-state index is 13.3. The summed E-state index contributed by atoms with van der Waals surface area (Å²) < 4.78 is 1.82. The summed E-state index contributed by atoms with van der Waals surface area (Å²) in [7, 11) is 0. The molecular weight excluding hydrogens is 350 g/mol.